The van der Waals surface area contributed by atoms with Crippen molar-refractivity contribution >= 4 is 83.1 Å². The molecule has 3 heterocycles. The van der Waals surface area contributed by atoms with E-state index in [9.17, 15) is 0 Å². The van der Waals surface area contributed by atoms with Gasteiger partial charge < -0.3 is 18.6 Å². The van der Waals surface area contributed by atoms with E-state index in [0.717, 1.165) is 6.42 Å². The molecular formula is C56H50N4. The highest BCUT2D eigenvalue weighted by atomic mass is 15.2. The summed E-state index contributed by atoms with van der Waals surface area (Å²) in [7, 11) is 0. The fourth-order valence-corrected chi connectivity index (χ4v) is 11.0. The zero-order valence-electron chi connectivity index (χ0n) is 35.9. The molecule has 294 valence electrons. The number of para-hydroxylation sites is 5. The van der Waals surface area contributed by atoms with Crippen LogP contribution in [0.15, 0.2) is 151 Å². The number of hydrogen-bond acceptors (Lipinski definition) is 2. The maximum atomic E-state index is 2.62. The zero-order valence-corrected chi connectivity index (χ0v) is 35.9. The second-order valence-electron chi connectivity index (χ2n) is 17.4. The number of nitrogens with zero attached hydrogens (tertiary/aromatic N) is 4. The fraction of sp³-hybridized carbons (Fsp3) is 0.179. The van der Waals surface area contributed by atoms with Gasteiger partial charge in [-0.15, -0.1) is 0 Å². The summed E-state index contributed by atoms with van der Waals surface area (Å²) in [6.45, 7) is 18.2. The Labute approximate surface area is 352 Å². The highest BCUT2D eigenvalue weighted by Gasteiger charge is 2.32. The van der Waals surface area contributed by atoms with Gasteiger partial charge in [0, 0.05) is 33.2 Å². The molecular weight excluding hydrogens is 729 g/mol. The molecule has 0 saturated carbocycles. The lowest BCUT2D eigenvalue weighted by Crippen LogP contribution is -2.25. The van der Waals surface area contributed by atoms with E-state index in [1.807, 2.05) is 0 Å². The molecule has 1 atom stereocenters. The first kappa shape index (κ1) is 36.3. The largest absolute Gasteiger partial charge is 0.312 e. The fourth-order valence-electron chi connectivity index (χ4n) is 11.0. The SMILES string of the molecule is CC1=C(N(c2c(C)cccc2C)c2ccc3c4c2c2ccccc2n4c2ccc(N(c4c(C)cccc4C)c4c(C)cccc4C)c4c5ccccc5n3c42)C(C)CC=C1. The number of anilines is 5. The van der Waals surface area contributed by atoms with Crippen LogP contribution in [-0.4, -0.2) is 8.80 Å². The normalized spacial score (nSPS) is 14.6. The van der Waals surface area contributed by atoms with E-state index in [-0.39, 0.29) is 0 Å². The topological polar surface area (TPSA) is 15.3 Å². The predicted octanol–water partition coefficient (Wildman–Crippen LogP) is 15.6. The van der Waals surface area contributed by atoms with Crippen molar-refractivity contribution in [3.63, 3.8) is 0 Å². The Morgan fingerprint density at radius 1 is 0.433 bits per heavy atom. The van der Waals surface area contributed by atoms with Gasteiger partial charge in [-0.05, 0) is 130 Å². The number of aryl methyl sites for hydroxylation is 6. The third-order valence-corrected chi connectivity index (χ3v) is 13.5. The number of hydrogen-bond donors (Lipinski definition) is 0. The second-order valence-corrected chi connectivity index (χ2v) is 17.4. The molecule has 4 heteroatoms. The Bertz CT molecular complexity index is 3350. The lowest BCUT2D eigenvalue weighted by Gasteiger charge is -2.36. The van der Waals surface area contributed by atoms with Crippen molar-refractivity contribution in [3.05, 3.63) is 184 Å². The molecule has 0 fully saturated rings. The highest BCUT2D eigenvalue weighted by Crippen LogP contribution is 2.52. The van der Waals surface area contributed by atoms with E-state index in [4.69, 9.17) is 0 Å². The van der Waals surface area contributed by atoms with E-state index in [1.54, 1.807) is 0 Å². The molecule has 4 nitrogen and oxygen atoms in total. The highest BCUT2D eigenvalue weighted by molar-refractivity contribution is 6.27. The van der Waals surface area contributed by atoms with E-state index in [0.29, 0.717) is 5.92 Å². The monoisotopic (exact) mass is 778 g/mol. The average molecular weight is 779 g/mol. The van der Waals surface area contributed by atoms with Crippen molar-refractivity contribution < 1.29 is 0 Å². The van der Waals surface area contributed by atoms with Crippen LogP contribution >= 0.6 is 0 Å². The number of allylic oxidation sites excluding steroid dienone is 4. The van der Waals surface area contributed by atoms with E-state index < -0.39 is 0 Å². The van der Waals surface area contributed by atoms with E-state index in [1.165, 1.54) is 128 Å². The van der Waals surface area contributed by atoms with Gasteiger partial charge in [0.15, 0.2) is 0 Å². The molecule has 1 aliphatic carbocycles. The third-order valence-electron chi connectivity index (χ3n) is 13.5. The molecule has 0 radical (unpaired) electrons. The number of rotatable bonds is 6. The number of benzene rings is 7. The van der Waals surface area contributed by atoms with Crippen LogP contribution in [0.4, 0.5) is 28.4 Å². The maximum absolute atomic E-state index is 2.62. The second kappa shape index (κ2) is 13.4. The average Bonchev–Trinajstić information content (AvgIpc) is 3.77. The maximum Gasteiger partial charge on any atom is 0.0804 e. The summed E-state index contributed by atoms with van der Waals surface area (Å²) in [5, 5.41) is 5.05. The molecule has 1 aliphatic rings. The van der Waals surface area contributed by atoms with Crippen molar-refractivity contribution in [1.29, 1.82) is 0 Å². The van der Waals surface area contributed by atoms with Crippen LogP contribution in [0, 0.1) is 47.5 Å². The summed E-state index contributed by atoms with van der Waals surface area (Å²) < 4.78 is 5.15. The molecule has 0 amide bonds. The quantitative estimate of drug-likeness (QED) is 0.156. The Hall–Kier alpha value is -6.78. The summed E-state index contributed by atoms with van der Waals surface area (Å²) in [5.41, 5.74) is 23.7. The van der Waals surface area contributed by atoms with Gasteiger partial charge in [0.25, 0.3) is 0 Å². The number of fused-ring (bicyclic) bond motifs is 8. The molecule has 11 rings (SSSR count). The summed E-state index contributed by atoms with van der Waals surface area (Å²) >= 11 is 0. The smallest absolute Gasteiger partial charge is 0.0804 e. The van der Waals surface area contributed by atoms with Crippen LogP contribution in [0.3, 0.4) is 0 Å². The minimum atomic E-state index is 0.355. The molecule has 0 saturated heterocycles. The first-order chi connectivity index (χ1) is 29.2. The Kier molecular flexibility index (Phi) is 8.09. The van der Waals surface area contributed by atoms with Crippen LogP contribution in [0.25, 0.3) is 54.6 Å². The predicted molar refractivity (Wildman–Crippen MR) is 257 cm³/mol. The van der Waals surface area contributed by atoms with E-state index >= 15 is 0 Å². The van der Waals surface area contributed by atoms with Crippen LogP contribution < -0.4 is 9.80 Å². The minimum absolute atomic E-state index is 0.355. The van der Waals surface area contributed by atoms with Crippen molar-refractivity contribution in [1.82, 2.24) is 8.80 Å². The molecule has 0 N–H and O–H groups in total. The number of aromatic nitrogens is 2. The van der Waals surface area contributed by atoms with Gasteiger partial charge in [-0.1, -0.05) is 110 Å². The van der Waals surface area contributed by atoms with Gasteiger partial charge in [-0.2, -0.15) is 0 Å². The zero-order chi connectivity index (χ0) is 41.1. The lowest BCUT2D eigenvalue weighted by molar-refractivity contribution is 0.661. The molecule has 3 aromatic heterocycles. The standard InChI is InChI=1S/C56H50N4/c1-33-17-13-18-34(2)51(33)59(52-35(3)19-14-20-36(52)4)45-29-31-47-55-49(45)41-25-9-11-27-43(41)57(55)48-32-30-46(50-42-26-10-12-28-44(42)58(47)56(48)50)60(53-37(5)21-15-22-38(53)6)54-39(7)23-16-24-40(54)8/h9-23,25-32,40H,24H2,1-8H3. The molecule has 60 heavy (non-hydrogen) atoms. The molecule has 0 bridgehead atoms. The van der Waals surface area contributed by atoms with Crippen molar-refractivity contribution in [2.24, 2.45) is 5.92 Å². The summed E-state index contributed by atoms with van der Waals surface area (Å²) in [5.74, 6) is 0.355. The molecule has 10 aromatic rings. The first-order valence-corrected chi connectivity index (χ1v) is 21.4. The van der Waals surface area contributed by atoms with Crippen molar-refractivity contribution in [2.75, 3.05) is 9.80 Å². The minimum Gasteiger partial charge on any atom is -0.312 e. The summed E-state index contributed by atoms with van der Waals surface area (Å²) in [4.78, 5) is 5.18. The van der Waals surface area contributed by atoms with Gasteiger partial charge >= 0.3 is 0 Å². The molecule has 0 aliphatic heterocycles. The van der Waals surface area contributed by atoms with Gasteiger partial charge in [0.1, 0.15) is 0 Å². The Balaban J connectivity index is 1.33. The molecule has 1 unspecified atom stereocenters. The van der Waals surface area contributed by atoms with Crippen molar-refractivity contribution in [2.45, 2.75) is 61.8 Å². The Morgan fingerprint density at radius 3 is 1.27 bits per heavy atom. The van der Waals surface area contributed by atoms with Crippen LogP contribution in [0.1, 0.15) is 53.6 Å². The summed E-state index contributed by atoms with van der Waals surface area (Å²) in [6, 6.07) is 47.8. The van der Waals surface area contributed by atoms with Crippen LogP contribution in [0.5, 0.6) is 0 Å². The molecule has 0 spiro atoms. The lowest BCUT2D eigenvalue weighted by atomic mass is 9.91. The van der Waals surface area contributed by atoms with Gasteiger partial charge in [0.2, 0.25) is 0 Å². The van der Waals surface area contributed by atoms with Gasteiger partial charge in [0.05, 0.1) is 61.5 Å². The molecule has 7 aromatic carbocycles. The third kappa shape index (κ3) is 4.97. The van der Waals surface area contributed by atoms with Crippen molar-refractivity contribution in [3.8, 4) is 0 Å². The first-order valence-electron chi connectivity index (χ1n) is 21.4. The summed E-state index contributed by atoms with van der Waals surface area (Å²) in [6.07, 6.45) is 5.68. The van der Waals surface area contributed by atoms with Crippen LogP contribution in [-0.2, 0) is 0 Å². The van der Waals surface area contributed by atoms with E-state index in [2.05, 4.69) is 214 Å². The van der Waals surface area contributed by atoms with Gasteiger partial charge in [-0.25, -0.2) is 0 Å². The Morgan fingerprint density at radius 2 is 0.833 bits per heavy atom. The van der Waals surface area contributed by atoms with Gasteiger partial charge in [-0.3, -0.25) is 0 Å². The van der Waals surface area contributed by atoms with Crippen LogP contribution in [0.2, 0.25) is 0 Å².